The van der Waals surface area contributed by atoms with E-state index in [1.54, 1.807) is 0 Å². The summed E-state index contributed by atoms with van der Waals surface area (Å²) in [7, 11) is 0. The Balaban J connectivity index is 2.53. The molecule has 0 heterocycles. The summed E-state index contributed by atoms with van der Waals surface area (Å²) in [6.45, 7) is 0.931. The number of ether oxygens (including phenoxy) is 1. The lowest BCUT2D eigenvalue weighted by Crippen LogP contribution is -2.01. The Labute approximate surface area is 89.9 Å². The lowest BCUT2D eigenvalue weighted by Gasteiger charge is -2.02. The number of nitrogens with two attached hydrogens (primary N) is 1. The molecule has 3 N–H and O–H groups in total. The maximum absolute atomic E-state index is 8.57. The first-order valence-electron chi connectivity index (χ1n) is 4.89. The quantitative estimate of drug-likeness (QED) is 0.713. The minimum Gasteiger partial charge on any atom is -0.491 e. The van der Waals surface area contributed by atoms with Crippen LogP contribution in [0.5, 0.6) is 5.75 Å². The van der Waals surface area contributed by atoms with Crippen LogP contribution in [0.3, 0.4) is 0 Å². The van der Waals surface area contributed by atoms with Gasteiger partial charge in [0, 0.05) is 18.5 Å². The Morgan fingerprint density at radius 3 is 2.60 bits per heavy atom. The molecule has 0 atom stereocenters. The van der Waals surface area contributed by atoms with Crippen molar-refractivity contribution in [3.63, 3.8) is 0 Å². The fourth-order valence-corrected chi connectivity index (χ4v) is 1.03. The van der Waals surface area contributed by atoms with Crippen molar-refractivity contribution in [2.24, 2.45) is 5.73 Å². The van der Waals surface area contributed by atoms with Gasteiger partial charge in [-0.15, -0.1) is 0 Å². The van der Waals surface area contributed by atoms with Crippen molar-refractivity contribution in [3.05, 3.63) is 29.8 Å². The molecule has 0 saturated carbocycles. The molecule has 0 bridgehead atoms. The molecule has 0 aliphatic heterocycles. The molecule has 0 aromatic heterocycles. The molecular weight excluding hydrogens is 190 g/mol. The molecule has 0 fully saturated rings. The fourth-order valence-electron chi connectivity index (χ4n) is 1.03. The number of rotatable bonds is 4. The molecule has 0 radical (unpaired) electrons. The van der Waals surface area contributed by atoms with Crippen molar-refractivity contribution in [2.45, 2.75) is 6.42 Å². The summed E-state index contributed by atoms with van der Waals surface area (Å²) in [4.78, 5) is 0. The standard InChI is InChI=1S/C12H15NO2/c13-8-2-1-3-11-4-6-12(7-5-11)15-10-9-14/h4-7,14H,2,8-10,13H2. The second-order valence-electron chi connectivity index (χ2n) is 2.94. The van der Waals surface area contributed by atoms with Crippen LogP contribution < -0.4 is 10.5 Å². The molecule has 0 aliphatic carbocycles. The van der Waals surface area contributed by atoms with E-state index in [4.69, 9.17) is 15.6 Å². The lowest BCUT2D eigenvalue weighted by molar-refractivity contribution is 0.201. The molecule has 3 heteroatoms. The van der Waals surface area contributed by atoms with Crippen molar-refractivity contribution in [1.29, 1.82) is 0 Å². The molecule has 0 saturated heterocycles. The van der Waals surface area contributed by atoms with E-state index in [0.29, 0.717) is 19.6 Å². The first kappa shape index (κ1) is 11.6. The van der Waals surface area contributed by atoms with Crippen LogP contribution in [0.2, 0.25) is 0 Å². The highest BCUT2D eigenvalue weighted by Crippen LogP contribution is 2.11. The van der Waals surface area contributed by atoms with Crippen molar-refractivity contribution >= 4 is 0 Å². The third-order valence-corrected chi connectivity index (χ3v) is 1.72. The first-order valence-corrected chi connectivity index (χ1v) is 4.89. The molecule has 1 aromatic rings. The molecule has 80 valence electrons. The predicted molar refractivity (Wildman–Crippen MR) is 59.6 cm³/mol. The minimum absolute atomic E-state index is 0.0259. The Morgan fingerprint density at radius 2 is 2.00 bits per heavy atom. The summed E-state index contributed by atoms with van der Waals surface area (Å²) >= 11 is 0. The van der Waals surface area contributed by atoms with Gasteiger partial charge in [0.05, 0.1) is 6.61 Å². The normalized spacial score (nSPS) is 9.20. The topological polar surface area (TPSA) is 55.5 Å². The number of hydrogen-bond donors (Lipinski definition) is 2. The Bertz CT molecular complexity index is 335. The zero-order valence-corrected chi connectivity index (χ0v) is 8.57. The zero-order valence-electron chi connectivity index (χ0n) is 8.57. The van der Waals surface area contributed by atoms with Crippen molar-refractivity contribution in [1.82, 2.24) is 0 Å². The number of aliphatic hydroxyl groups is 1. The fraction of sp³-hybridized carbons (Fsp3) is 0.333. The smallest absolute Gasteiger partial charge is 0.119 e. The van der Waals surface area contributed by atoms with Gasteiger partial charge in [0.2, 0.25) is 0 Å². The summed E-state index contributed by atoms with van der Waals surface area (Å²) in [6, 6.07) is 7.44. The van der Waals surface area contributed by atoms with Crippen LogP contribution >= 0.6 is 0 Å². The van der Waals surface area contributed by atoms with Gasteiger partial charge in [0.25, 0.3) is 0 Å². The first-order chi connectivity index (χ1) is 7.36. The summed E-state index contributed by atoms with van der Waals surface area (Å²) in [6.07, 6.45) is 0.711. The van der Waals surface area contributed by atoms with E-state index < -0.39 is 0 Å². The van der Waals surface area contributed by atoms with Crippen LogP contribution in [0.4, 0.5) is 0 Å². The van der Waals surface area contributed by atoms with Crippen molar-refractivity contribution < 1.29 is 9.84 Å². The van der Waals surface area contributed by atoms with Gasteiger partial charge in [0.1, 0.15) is 12.4 Å². The highest BCUT2D eigenvalue weighted by Gasteiger charge is 1.92. The summed E-state index contributed by atoms with van der Waals surface area (Å²) in [5, 5.41) is 8.57. The molecule has 15 heavy (non-hydrogen) atoms. The van der Waals surface area contributed by atoms with Crippen molar-refractivity contribution in [3.8, 4) is 17.6 Å². The summed E-state index contributed by atoms with van der Waals surface area (Å²) in [5.41, 5.74) is 6.27. The Kier molecular flexibility index (Phi) is 5.31. The van der Waals surface area contributed by atoms with Gasteiger partial charge in [-0.05, 0) is 24.3 Å². The highest BCUT2D eigenvalue weighted by molar-refractivity contribution is 5.38. The van der Waals surface area contributed by atoms with E-state index in [0.717, 1.165) is 11.3 Å². The molecular formula is C12H15NO2. The van der Waals surface area contributed by atoms with Gasteiger partial charge >= 0.3 is 0 Å². The molecule has 1 rings (SSSR count). The van der Waals surface area contributed by atoms with E-state index in [2.05, 4.69) is 11.8 Å². The van der Waals surface area contributed by atoms with E-state index in [9.17, 15) is 0 Å². The second kappa shape index (κ2) is 6.88. The van der Waals surface area contributed by atoms with Crippen LogP contribution in [0.25, 0.3) is 0 Å². The SMILES string of the molecule is NCCC#Cc1ccc(OCCO)cc1. The maximum Gasteiger partial charge on any atom is 0.119 e. The van der Waals surface area contributed by atoms with E-state index in [1.165, 1.54) is 0 Å². The van der Waals surface area contributed by atoms with E-state index in [-0.39, 0.29) is 6.61 Å². The second-order valence-corrected chi connectivity index (χ2v) is 2.94. The summed E-state index contributed by atoms with van der Waals surface area (Å²) in [5.74, 6) is 6.70. The van der Waals surface area contributed by atoms with Crippen LogP contribution in [0.15, 0.2) is 24.3 Å². The van der Waals surface area contributed by atoms with Gasteiger partial charge in [-0.1, -0.05) is 11.8 Å². The molecule has 0 aliphatic rings. The lowest BCUT2D eigenvalue weighted by atomic mass is 10.2. The van der Waals surface area contributed by atoms with Gasteiger partial charge in [-0.3, -0.25) is 0 Å². The zero-order chi connectivity index (χ0) is 10.9. The molecule has 0 unspecified atom stereocenters. The van der Waals surface area contributed by atoms with E-state index >= 15 is 0 Å². The van der Waals surface area contributed by atoms with E-state index in [1.807, 2.05) is 24.3 Å². The maximum atomic E-state index is 8.57. The summed E-state index contributed by atoms with van der Waals surface area (Å²) < 4.78 is 5.22. The van der Waals surface area contributed by atoms with Gasteiger partial charge < -0.3 is 15.6 Å². The number of aliphatic hydroxyl groups excluding tert-OH is 1. The van der Waals surface area contributed by atoms with Gasteiger partial charge in [-0.2, -0.15) is 0 Å². The van der Waals surface area contributed by atoms with Gasteiger partial charge in [0.15, 0.2) is 0 Å². The largest absolute Gasteiger partial charge is 0.491 e. The third kappa shape index (κ3) is 4.50. The number of hydrogen-bond acceptors (Lipinski definition) is 3. The monoisotopic (exact) mass is 205 g/mol. The van der Waals surface area contributed by atoms with Crippen molar-refractivity contribution in [2.75, 3.05) is 19.8 Å². The third-order valence-electron chi connectivity index (χ3n) is 1.72. The molecule has 0 spiro atoms. The average molecular weight is 205 g/mol. The highest BCUT2D eigenvalue weighted by atomic mass is 16.5. The molecule has 3 nitrogen and oxygen atoms in total. The minimum atomic E-state index is 0.0259. The van der Waals surface area contributed by atoms with Crippen LogP contribution in [-0.2, 0) is 0 Å². The molecule has 1 aromatic carbocycles. The van der Waals surface area contributed by atoms with Crippen LogP contribution in [-0.4, -0.2) is 24.9 Å². The predicted octanol–water partition coefficient (Wildman–Crippen LogP) is 0.758. The average Bonchev–Trinajstić information content (AvgIpc) is 2.28. The Morgan fingerprint density at radius 1 is 1.27 bits per heavy atom. The Hall–Kier alpha value is -1.50. The van der Waals surface area contributed by atoms with Crippen LogP contribution in [0.1, 0.15) is 12.0 Å². The molecule has 0 amide bonds. The van der Waals surface area contributed by atoms with Crippen LogP contribution in [0, 0.1) is 11.8 Å². The number of benzene rings is 1. The van der Waals surface area contributed by atoms with Gasteiger partial charge in [-0.25, -0.2) is 0 Å².